The molecule has 0 aromatic carbocycles. The minimum atomic E-state index is -2.89. The first-order chi connectivity index (χ1) is 9.00. The van der Waals surface area contributed by atoms with E-state index in [1.54, 1.807) is 6.20 Å². The quantitative estimate of drug-likeness (QED) is 0.841. The van der Waals surface area contributed by atoms with Gasteiger partial charge in [0.15, 0.2) is 9.84 Å². The maximum atomic E-state index is 11.4. The van der Waals surface area contributed by atoms with Gasteiger partial charge in [-0.25, -0.2) is 13.4 Å². The zero-order chi connectivity index (χ0) is 13.9. The first kappa shape index (κ1) is 14.5. The van der Waals surface area contributed by atoms with Gasteiger partial charge in [-0.2, -0.15) is 4.98 Å². The number of anilines is 2. The number of rotatable bonds is 5. The fourth-order valence-electron chi connectivity index (χ4n) is 1.89. The Morgan fingerprint density at radius 2 is 2.32 bits per heavy atom. The van der Waals surface area contributed by atoms with Crippen LogP contribution in [-0.2, 0) is 9.84 Å². The number of nitrogens with zero attached hydrogens (tertiary/aromatic N) is 2. The maximum Gasteiger partial charge on any atom is 0.224 e. The van der Waals surface area contributed by atoms with E-state index in [1.807, 2.05) is 0 Å². The molecule has 1 aliphatic heterocycles. The monoisotopic (exact) mass is 348 g/mol. The number of nitrogens with one attached hydrogen (secondary N) is 2. The van der Waals surface area contributed by atoms with Crippen LogP contribution in [0.25, 0.3) is 0 Å². The average molecular weight is 349 g/mol. The van der Waals surface area contributed by atoms with E-state index in [9.17, 15) is 8.42 Å². The van der Waals surface area contributed by atoms with Crippen molar-refractivity contribution in [3.63, 3.8) is 0 Å². The largest absolute Gasteiger partial charge is 0.365 e. The molecule has 0 aliphatic carbocycles. The summed E-state index contributed by atoms with van der Waals surface area (Å²) in [6.45, 7) is 2.87. The summed E-state index contributed by atoms with van der Waals surface area (Å²) in [5.74, 6) is 1.60. The third-order valence-electron chi connectivity index (χ3n) is 2.85. The minimum Gasteiger partial charge on any atom is -0.365 e. The first-order valence-corrected chi connectivity index (χ1v) is 8.85. The van der Waals surface area contributed by atoms with Crippen molar-refractivity contribution < 1.29 is 8.42 Å². The van der Waals surface area contributed by atoms with Gasteiger partial charge >= 0.3 is 0 Å². The molecule has 6 nitrogen and oxygen atoms in total. The Morgan fingerprint density at radius 1 is 1.53 bits per heavy atom. The van der Waals surface area contributed by atoms with Crippen molar-refractivity contribution in [1.82, 2.24) is 9.97 Å². The Kier molecular flexibility index (Phi) is 4.62. The lowest BCUT2D eigenvalue weighted by Crippen LogP contribution is -2.22. The van der Waals surface area contributed by atoms with E-state index in [1.165, 1.54) is 0 Å². The predicted molar refractivity (Wildman–Crippen MR) is 79.2 cm³/mol. The van der Waals surface area contributed by atoms with Gasteiger partial charge < -0.3 is 10.6 Å². The van der Waals surface area contributed by atoms with Crippen molar-refractivity contribution in [1.29, 1.82) is 0 Å². The topological polar surface area (TPSA) is 84.0 Å². The number of aromatic nitrogens is 2. The van der Waals surface area contributed by atoms with Crippen LogP contribution in [0.1, 0.15) is 19.8 Å². The molecule has 8 heteroatoms. The van der Waals surface area contributed by atoms with E-state index >= 15 is 0 Å². The Hall–Kier alpha value is -0.890. The Morgan fingerprint density at radius 3 is 2.95 bits per heavy atom. The summed E-state index contributed by atoms with van der Waals surface area (Å²) in [5.41, 5.74) is 0. The summed E-state index contributed by atoms with van der Waals surface area (Å²) in [6.07, 6.45) is 3.27. The van der Waals surface area contributed by atoms with Crippen LogP contribution < -0.4 is 10.6 Å². The van der Waals surface area contributed by atoms with Gasteiger partial charge in [0.25, 0.3) is 0 Å². The summed E-state index contributed by atoms with van der Waals surface area (Å²) in [4.78, 5) is 8.50. The third kappa shape index (κ3) is 4.04. The van der Waals surface area contributed by atoms with Crippen LogP contribution in [0, 0.1) is 0 Å². The zero-order valence-electron chi connectivity index (χ0n) is 10.7. The van der Waals surface area contributed by atoms with Crippen LogP contribution in [0.4, 0.5) is 11.8 Å². The van der Waals surface area contributed by atoms with Gasteiger partial charge in [-0.1, -0.05) is 6.92 Å². The number of halogens is 1. The van der Waals surface area contributed by atoms with Gasteiger partial charge in [-0.15, -0.1) is 0 Å². The lowest BCUT2D eigenvalue weighted by atomic mass is 10.2. The highest BCUT2D eigenvalue weighted by Crippen LogP contribution is 2.23. The molecule has 2 heterocycles. The second-order valence-corrected chi connectivity index (χ2v) is 7.64. The van der Waals surface area contributed by atoms with E-state index in [-0.39, 0.29) is 17.5 Å². The van der Waals surface area contributed by atoms with Crippen LogP contribution in [-0.4, -0.2) is 42.5 Å². The van der Waals surface area contributed by atoms with Crippen LogP contribution >= 0.6 is 15.9 Å². The van der Waals surface area contributed by atoms with Crippen LogP contribution in [0.15, 0.2) is 10.7 Å². The molecule has 2 N–H and O–H groups in total. The molecule has 0 saturated carbocycles. The molecule has 0 radical (unpaired) electrons. The minimum absolute atomic E-state index is 0.0739. The van der Waals surface area contributed by atoms with Crippen LogP contribution in [0.2, 0.25) is 0 Å². The Labute approximate surface area is 121 Å². The lowest BCUT2D eigenvalue weighted by molar-refractivity contribution is 0.602. The van der Waals surface area contributed by atoms with E-state index < -0.39 is 9.84 Å². The first-order valence-electron chi connectivity index (χ1n) is 6.23. The van der Waals surface area contributed by atoms with E-state index in [2.05, 4.69) is 43.5 Å². The molecule has 0 spiro atoms. The molecule has 1 aliphatic rings. The molecule has 1 aromatic rings. The molecular weight excluding hydrogens is 332 g/mol. The van der Waals surface area contributed by atoms with Gasteiger partial charge in [0.2, 0.25) is 5.95 Å². The van der Waals surface area contributed by atoms with Crippen molar-refractivity contribution in [3.05, 3.63) is 10.7 Å². The molecule has 1 saturated heterocycles. The fraction of sp³-hybridized carbons (Fsp3) is 0.636. The van der Waals surface area contributed by atoms with Crippen molar-refractivity contribution >= 4 is 37.5 Å². The van der Waals surface area contributed by atoms with Gasteiger partial charge in [0.05, 0.1) is 16.0 Å². The van der Waals surface area contributed by atoms with Crippen LogP contribution in [0.5, 0.6) is 0 Å². The van der Waals surface area contributed by atoms with Crippen molar-refractivity contribution in [2.75, 3.05) is 28.7 Å². The Bertz CT molecular complexity index is 550. The molecular formula is C11H17BrN4O2S. The normalized spacial score (nSPS) is 21.3. The van der Waals surface area contributed by atoms with Crippen molar-refractivity contribution in [3.8, 4) is 0 Å². The zero-order valence-corrected chi connectivity index (χ0v) is 13.1. The molecule has 2 rings (SSSR count). The summed E-state index contributed by atoms with van der Waals surface area (Å²) in [6, 6.07) is -0.0739. The van der Waals surface area contributed by atoms with Gasteiger partial charge in [0, 0.05) is 18.8 Å². The second-order valence-electron chi connectivity index (χ2n) is 4.56. The van der Waals surface area contributed by atoms with Crippen molar-refractivity contribution in [2.45, 2.75) is 25.8 Å². The van der Waals surface area contributed by atoms with E-state index in [0.29, 0.717) is 18.2 Å². The summed E-state index contributed by atoms with van der Waals surface area (Å²) in [7, 11) is -2.89. The molecule has 1 aromatic heterocycles. The summed E-state index contributed by atoms with van der Waals surface area (Å²) >= 11 is 3.37. The lowest BCUT2D eigenvalue weighted by Gasteiger charge is -2.13. The third-order valence-corrected chi connectivity index (χ3v) is 5.20. The van der Waals surface area contributed by atoms with Gasteiger partial charge in [-0.05, 0) is 28.8 Å². The van der Waals surface area contributed by atoms with Gasteiger partial charge in [-0.3, -0.25) is 0 Å². The molecule has 19 heavy (non-hydrogen) atoms. The number of hydrogen-bond donors (Lipinski definition) is 2. The molecule has 1 unspecified atom stereocenters. The molecule has 1 fully saturated rings. The van der Waals surface area contributed by atoms with Gasteiger partial charge in [0.1, 0.15) is 5.82 Å². The highest BCUT2D eigenvalue weighted by Gasteiger charge is 2.28. The van der Waals surface area contributed by atoms with Crippen LogP contribution in [0.3, 0.4) is 0 Å². The molecule has 0 amide bonds. The highest BCUT2D eigenvalue weighted by molar-refractivity contribution is 9.10. The van der Waals surface area contributed by atoms with Crippen molar-refractivity contribution in [2.24, 2.45) is 0 Å². The SMILES string of the molecule is CCCNc1ncc(Br)c(NC2CCS(=O)(=O)C2)n1. The standard InChI is InChI=1S/C11H17BrN4O2S/c1-2-4-13-11-14-6-9(12)10(16-11)15-8-3-5-19(17,18)7-8/h6,8H,2-5,7H2,1H3,(H2,13,14,15,16). The van der Waals surface area contributed by atoms with E-state index in [0.717, 1.165) is 17.4 Å². The summed E-state index contributed by atoms with van der Waals surface area (Å²) in [5, 5.41) is 6.27. The summed E-state index contributed by atoms with van der Waals surface area (Å²) < 4.78 is 23.6. The molecule has 106 valence electrons. The van der Waals surface area contributed by atoms with E-state index in [4.69, 9.17) is 0 Å². The number of hydrogen-bond acceptors (Lipinski definition) is 6. The predicted octanol–water partition coefficient (Wildman–Crippen LogP) is 1.66. The Balaban J connectivity index is 2.07. The molecule has 0 bridgehead atoms. The molecule has 1 atom stereocenters. The highest BCUT2D eigenvalue weighted by atomic mass is 79.9. The number of sulfone groups is 1. The maximum absolute atomic E-state index is 11.4. The second kappa shape index (κ2) is 6.04. The smallest absolute Gasteiger partial charge is 0.224 e. The average Bonchev–Trinajstić information content (AvgIpc) is 2.70. The fourth-order valence-corrected chi connectivity index (χ4v) is 3.87.